The average molecular weight is 282 g/mol. The molecule has 1 N–H and O–H groups in total. The Morgan fingerprint density at radius 3 is 2.80 bits per heavy atom. The summed E-state index contributed by atoms with van der Waals surface area (Å²) in [5.41, 5.74) is 0.164. The second-order valence-electron chi connectivity index (χ2n) is 6.52. The first-order valence-corrected chi connectivity index (χ1v) is 7.79. The van der Waals surface area contributed by atoms with Crippen molar-refractivity contribution in [2.45, 2.75) is 62.9 Å². The van der Waals surface area contributed by atoms with E-state index in [0.29, 0.717) is 19.1 Å². The van der Waals surface area contributed by atoms with Crippen LogP contribution in [0.15, 0.2) is 11.6 Å². The van der Waals surface area contributed by atoms with E-state index in [2.05, 4.69) is 13.0 Å². The standard InChI is InChI=1S/C16H26O4/c1-12-10-16(18-2)7-5-13(12)11-15(16,17)6-3-4-14-19-8-9-20-14/h10,13-14,17H,3-9,11H2,1-2H3/t13-,15+,16+/m0/s1. The normalized spacial score (nSPS) is 41.1. The molecule has 3 aliphatic carbocycles. The summed E-state index contributed by atoms with van der Waals surface area (Å²) < 4.78 is 16.7. The lowest BCUT2D eigenvalue weighted by atomic mass is 9.59. The van der Waals surface area contributed by atoms with E-state index >= 15 is 0 Å². The minimum absolute atomic E-state index is 0.0739. The molecule has 4 aliphatic rings. The highest BCUT2D eigenvalue weighted by atomic mass is 16.7. The largest absolute Gasteiger partial charge is 0.387 e. The van der Waals surface area contributed by atoms with Crippen LogP contribution in [0, 0.1) is 5.92 Å². The van der Waals surface area contributed by atoms with Crippen molar-refractivity contribution in [3.05, 3.63) is 11.6 Å². The first-order chi connectivity index (χ1) is 9.59. The maximum absolute atomic E-state index is 11.2. The van der Waals surface area contributed by atoms with Gasteiger partial charge in [0, 0.05) is 7.11 Å². The Labute approximate surface area is 121 Å². The lowest BCUT2D eigenvalue weighted by Crippen LogP contribution is -2.60. The second kappa shape index (κ2) is 5.41. The van der Waals surface area contributed by atoms with E-state index in [1.165, 1.54) is 5.57 Å². The predicted molar refractivity (Wildman–Crippen MR) is 75.3 cm³/mol. The summed E-state index contributed by atoms with van der Waals surface area (Å²) in [4.78, 5) is 0. The smallest absolute Gasteiger partial charge is 0.157 e. The third kappa shape index (κ3) is 2.33. The SMILES string of the molecule is CO[C@@]12C=C(C)[C@@H](CC1)C[C@]2(O)CCCC1OCCO1. The van der Waals surface area contributed by atoms with E-state index in [0.717, 1.165) is 38.5 Å². The van der Waals surface area contributed by atoms with E-state index in [1.807, 2.05) is 0 Å². The number of allylic oxidation sites excluding steroid dienone is 1. The Morgan fingerprint density at radius 1 is 1.40 bits per heavy atom. The minimum atomic E-state index is -0.733. The fourth-order valence-electron chi connectivity index (χ4n) is 4.18. The Kier molecular flexibility index (Phi) is 3.93. The third-order valence-electron chi connectivity index (χ3n) is 5.43. The molecule has 0 unspecified atom stereocenters. The van der Waals surface area contributed by atoms with E-state index in [1.54, 1.807) is 7.11 Å². The van der Waals surface area contributed by atoms with Crippen molar-refractivity contribution < 1.29 is 19.3 Å². The van der Waals surface area contributed by atoms with Crippen molar-refractivity contribution in [3.8, 4) is 0 Å². The molecule has 2 fully saturated rings. The highest BCUT2D eigenvalue weighted by Gasteiger charge is 2.56. The first-order valence-electron chi connectivity index (χ1n) is 7.79. The molecule has 20 heavy (non-hydrogen) atoms. The lowest BCUT2D eigenvalue weighted by molar-refractivity contribution is -0.186. The summed E-state index contributed by atoms with van der Waals surface area (Å²) in [7, 11) is 1.73. The number of hydrogen-bond acceptors (Lipinski definition) is 4. The topological polar surface area (TPSA) is 47.9 Å². The molecule has 0 spiro atoms. The van der Waals surface area contributed by atoms with Crippen molar-refractivity contribution in [3.63, 3.8) is 0 Å². The van der Waals surface area contributed by atoms with Gasteiger partial charge in [0.15, 0.2) is 6.29 Å². The molecule has 0 aromatic heterocycles. The summed E-state index contributed by atoms with van der Waals surface area (Å²) in [5.74, 6) is 0.524. The summed E-state index contributed by atoms with van der Waals surface area (Å²) in [6.45, 7) is 3.55. The molecule has 1 saturated heterocycles. The molecule has 0 amide bonds. The van der Waals surface area contributed by atoms with Crippen LogP contribution in [-0.4, -0.2) is 42.9 Å². The predicted octanol–water partition coefficient (Wildman–Crippen LogP) is 2.41. The second-order valence-corrected chi connectivity index (χ2v) is 6.52. The Balaban J connectivity index is 1.65. The van der Waals surface area contributed by atoms with Crippen molar-refractivity contribution in [1.82, 2.24) is 0 Å². The molecular formula is C16H26O4. The van der Waals surface area contributed by atoms with Crippen molar-refractivity contribution in [1.29, 1.82) is 0 Å². The lowest BCUT2D eigenvalue weighted by Gasteiger charge is -2.54. The fraction of sp³-hybridized carbons (Fsp3) is 0.875. The zero-order chi connectivity index (χ0) is 14.2. The van der Waals surface area contributed by atoms with E-state index in [4.69, 9.17) is 14.2 Å². The minimum Gasteiger partial charge on any atom is -0.387 e. The van der Waals surface area contributed by atoms with Crippen LogP contribution in [-0.2, 0) is 14.2 Å². The number of aliphatic hydroxyl groups is 1. The van der Waals surface area contributed by atoms with Gasteiger partial charge in [0.2, 0.25) is 0 Å². The van der Waals surface area contributed by atoms with Crippen molar-refractivity contribution in [2.75, 3.05) is 20.3 Å². The van der Waals surface area contributed by atoms with Crippen LogP contribution in [0.1, 0.15) is 45.4 Å². The molecule has 1 aliphatic heterocycles. The zero-order valence-electron chi connectivity index (χ0n) is 12.6. The van der Waals surface area contributed by atoms with E-state index < -0.39 is 11.2 Å². The van der Waals surface area contributed by atoms with Gasteiger partial charge >= 0.3 is 0 Å². The van der Waals surface area contributed by atoms with Crippen LogP contribution in [0.25, 0.3) is 0 Å². The monoisotopic (exact) mass is 282 g/mol. The summed E-state index contributed by atoms with van der Waals surface area (Å²) >= 11 is 0. The van der Waals surface area contributed by atoms with Gasteiger partial charge in [-0.2, -0.15) is 0 Å². The molecule has 3 atom stereocenters. The van der Waals surface area contributed by atoms with Gasteiger partial charge in [0.1, 0.15) is 5.60 Å². The summed E-state index contributed by atoms with van der Waals surface area (Å²) in [5, 5.41) is 11.2. The molecule has 4 nitrogen and oxygen atoms in total. The third-order valence-corrected chi connectivity index (χ3v) is 5.43. The molecule has 4 rings (SSSR count). The highest BCUT2D eigenvalue weighted by Crippen LogP contribution is 2.52. The molecule has 0 radical (unpaired) electrons. The van der Waals surface area contributed by atoms with Gasteiger partial charge in [-0.1, -0.05) is 11.6 Å². The van der Waals surface area contributed by atoms with Gasteiger partial charge in [-0.25, -0.2) is 0 Å². The van der Waals surface area contributed by atoms with E-state index in [-0.39, 0.29) is 6.29 Å². The van der Waals surface area contributed by atoms with Gasteiger partial charge in [-0.3, -0.25) is 0 Å². The van der Waals surface area contributed by atoms with Gasteiger partial charge in [0.05, 0.1) is 18.8 Å². The Morgan fingerprint density at radius 2 is 2.15 bits per heavy atom. The Bertz CT molecular complexity index is 388. The van der Waals surface area contributed by atoms with Crippen LogP contribution < -0.4 is 0 Å². The molecular weight excluding hydrogens is 256 g/mol. The van der Waals surface area contributed by atoms with Gasteiger partial charge in [-0.15, -0.1) is 0 Å². The quantitative estimate of drug-likeness (QED) is 0.787. The van der Waals surface area contributed by atoms with Crippen LogP contribution >= 0.6 is 0 Å². The molecule has 0 aromatic carbocycles. The van der Waals surface area contributed by atoms with Crippen LogP contribution in [0.5, 0.6) is 0 Å². The number of rotatable bonds is 5. The number of hydrogen-bond donors (Lipinski definition) is 1. The maximum Gasteiger partial charge on any atom is 0.157 e. The molecule has 114 valence electrons. The summed E-state index contributed by atoms with van der Waals surface area (Å²) in [6, 6.07) is 0. The molecule has 1 heterocycles. The van der Waals surface area contributed by atoms with Crippen LogP contribution in [0.2, 0.25) is 0 Å². The van der Waals surface area contributed by atoms with Gasteiger partial charge < -0.3 is 19.3 Å². The molecule has 0 aromatic rings. The molecule has 4 heteroatoms. The highest BCUT2D eigenvalue weighted by molar-refractivity contribution is 5.28. The van der Waals surface area contributed by atoms with Crippen LogP contribution in [0.4, 0.5) is 0 Å². The average Bonchev–Trinajstić information content (AvgIpc) is 2.94. The van der Waals surface area contributed by atoms with Crippen molar-refractivity contribution >= 4 is 0 Å². The van der Waals surface area contributed by atoms with Gasteiger partial charge in [-0.05, 0) is 51.4 Å². The van der Waals surface area contributed by atoms with Gasteiger partial charge in [0.25, 0.3) is 0 Å². The molecule has 2 bridgehead atoms. The number of methoxy groups -OCH3 is 1. The summed E-state index contributed by atoms with van der Waals surface area (Å²) in [6.07, 6.45) is 7.51. The van der Waals surface area contributed by atoms with Crippen molar-refractivity contribution in [2.24, 2.45) is 5.92 Å². The van der Waals surface area contributed by atoms with E-state index in [9.17, 15) is 5.11 Å². The van der Waals surface area contributed by atoms with Crippen LogP contribution in [0.3, 0.4) is 0 Å². The Hall–Kier alpha value is -0.420. The fourth-order valence-corrected chi connectivity index (χ4v) is 4.18. The number of fused-ring (bicyclic) bond motifs is 2. The zero-order valence-corrected chi connectivity index (χ0v) is 12.6. The first kappa shape index (κ1) is 14.5. The maximum atomic E-state index is 11.2. The molecule has 1 saturated carbocycles. The number of ether oxygens (including phenoxy) is 3.